The van der Waals surface area contributed by atoms with Crippen LogP contribution in [0.3, 0.4) is 0 Å². The number of benzene rings is 1. The number of hydrogen-bond acceptors (Lipinski definition) is 4. The van der Waals surface area contributed by atoms with Crippen LogP contribution in [0.5, 0.6) is 11.5 Å². The smallest absolute Gasteiger partial charge is 0.156 e. The molecule has 0 saturated heterocycles. The number of phenolic OH excluding ortho intramolecular Hbond substituents is 1. The molecule has 0 aliphatic heterocycles. The van der Waals surface area contributed by atoms with Gasteiger partial charge in [0.2, 0.25) is 0 Å². The van der Waals surface area contributed by atoms with Crippen molar-refractivity contribution in [3.05, 3.63) is 22.2 Å². The van der Waals surface area contributed by atoms with Crippen LogP contribution in [0.1, 0.15) is 40.5 Å². The van der Waals surface area contributed by atoms with E-state index in [2.05, 4.69) is 25.9 Å². The number of unbranched alkanes of at least 4 members (excludes halogenated alkanes) is 1. The second-order valence-electron chi connectivity index (χ2n) is 6.05. The highest BCUT2D eigenvalue weighted by atomic mass is 35.5. The van der Waals surface area contributed by atoms with Crippen LogP contribution in [0.4, 0.5) is 0 Å². The largest absolute Gasteiger partial charge is 0.508 e. The molecule has 22 heavy (non-hydrogen) atoms. The van der Waals surface area contributed by atoms with Gasteiger partial charge in [-0.2, -0.15) is 0 Å². The number of rotatable bonds is 7. The Hall–Kier alpha value is -1.13. The lowest BCUT2D eigenvalue weighted by molar-refractivity contribution is 0.133. The van der Waals surface area contributed by atoms with Gasteiger partial charge in [-0.25, -0.2) is 0 Å². The summed E-state index contributed by atoms with van der Waals surface area (Å²) in [5, 5.41) is 14.0. The van der Waals surface area contributed by atoms with Crippen molar-refractivity contribution in [1.82, 2.24) is 0 Å². The van der Waals surface area contributed by atoms with Crippen LogP contribution in [0.25, 0.3) is 0 Å². The number of halogens is 2. The first-order valence-electron chi connectivity index (χ1n) is 7.19. The van der Waals surface area contributed by atoms with Crippen LogP contribution in [0, 0.1) is 5.41 Å². The molecule has 0 radical (unpaired) electrons. The maximum Gasteiger partial charge on any atom is 0.156 e. The van der Waals surface area contributed by atoms with Gasteiger partial charge < -0.3 is 14.7 Å². The predicted molar refractivity (Wildman–Crippen MR) is 91.4 cm³/mol. The molecule has 124 valence electrons. The Balaban J connectivity index is 2.27. The quantitative estimate of drug-likeness (QED) is 0.413. The van der Waals surface area contributed by atoms with E-state index in [1.807, 2.05) is 6.92 Å². The summed E-state index contributed by atoms with van der Waals surface area (Å²) in [6.45, 7) is 9.23. The van der Waals surface area contributed by atoms with Gasteiger partial charge in [-0.1, -0.05) is 49.1 Å². The summed E-state index contributed by atoms with van der Waals surface area (Å²) in [7, 11) is 0. The summed E-state index contributed by atoms with van der Waals surface area (Å²) in [6.07, 6.45) is 1.60. The van der Waals surface area contributed by atoms with Crippen LogP contribution in [0.2, 0.25) is 10.0 Å². The van der Waals surface area contributed by atoms with Gasteiger partial charge in [0.15, 0.2) is 5.75 Å². The first-order chi connectivity index (χ1) is 10.2. The molecule has 0 fully saturated rings. The van der Waals surface area contributed by atoms with E-state index in [-0.39, 0.29) is 11.2 Å². The zero-order valence-corrected chi connectivity index (χ0v) is 15.0. The van der Waals surface area contributed by atoms with Crippen LogP contribution in [-0.4, -0.2) is 24.0 Å². The fourth-order valence-electron chi connectivity index (χ4n) is 1.41. The molecular formula is C16H23Cl2NO3. The Morgan fingerprint density at radius 2 is 1.68 bits per heavy atom. The van der Waals surface area contributed by atoms with Crippen molar-refractivity contribution in [3.8, 4) is 11.5 Å². The molecule has 0 bridgehead atoms. The second-order valence-corrected chi connectivity index (χ2v) is 6.87. The van der Waals surface area contributed by atoms with E-state index >= 15 is 0 Å². The van der Waals surface area contributed by atoms with E-state index in [4.69, 9.17) is 32.8 Å². The van der Waals surface area contributed by atoms with Crippen molar-refractivity contribution in [2.45, 2.75) is 40.5 Å². The third kappa shape index (κ3) is 6.32. The monoisotopic (exact) mass is 347 g/mol. The van der Waals surface area contributed by atoms with Crippen molar-refractivity contribution in [1.29, 1.82) is 0 Å². The number of aromatic hydroxyl groups is 1. The highest BCUT2D eigenvalue weighted by Crippen LogP contribution is 2.36. The van der Waals surface area contributed by atoms with Crippen LogP contribution in [-0.2, 0) is 4.84 Å². The van der Waals surface area contributed by atoms with E-state index in [1.165, 1.54) is 12.1 Å². The van der Waals surface area contributed by atoms with Crippen LogP contribution in [0.15, 0.2) is 17.3 Å². The van der Waals surface area contributed by atoms with Crippen molar-refractivity contribution >= 4 is 28.9 Å². The van der Waals surface area contributed by atoms with E-state index in [0.717, 1.165) is 18.6 Å². The molecule has 0 aliphatic carbocycles. The lowest BCUT2D eigenvalue weighted by Crippen LogP contribution is -2.17. The molecule has 0 aliphatic rings. The third-order valence-electron chi connectivity index (χ3n) is 3.15. The van der Waals surface area contributed by atoms with Gasteiger partial charge in [-0.15, -0.1) is 0 Å². The third-order valence-corrected chi connectivity index (χ3v) is 3.71. The van der Waals surface area contributed by atoms with Gasteiger partial charge in [0.1, 0.15) is 12.4 Å². The van der Waals surface area contributed by atoms with Crippen molar-refractivity contribution < 1.29 is 14.7 Å². The van der Waals surface area contributed by atoms with E-state index in [9.17, 15) is 5.11 Å². The summed E-state index contributed by atoms with van der Waals surface area (Å²) < 4.78 is 5.54. The van der Waals surface area contributed by atoms with Crippen molar-refractivity contribution in [2.75, 3.05) is 13.2 Å². The molecule has 1 aromatic rings. The second kappa shape index (κ2) is 8.49. The summed E-state index contributed by atoms with van der Waals surface area (Å²) in [4.78, 5) is 5.28. The van der Waals surface area contributed by atoms with Gasteiger partial charge in [0.05, 0.1) is 22.4 Å². The topological polar surface area (TPSA) is 51.0 Å². The molecule has 0 saturated carbocycles. The van der Waals surface area contributed by atoms with Gasteiger partial charge in [-0.05, 0) is 19.8 Å². The number of nitrogens with zero attached hydrogens (tertiary/aromatic N) is 1. The van der Waals surface area contributed by atoms with Crippen LogP contribution >= 0.6 is 23.2 Å². The lowest BCUT2D eigenvalue weighted by Gasteiger charge is -2.16. The SMILES string of the molecule is C/C(=N\OCCCCOc1c(Cl)cc(O)cc1Cl)C(C)(C)C. The molecule has 6 heteroatoms. The maximum absolute atomic E-state index is 9.34. The Labute approximate surface area is 142 Å². The van der Waals surface area contributed by atoms with Gasteiger partial charge in [0.25, 0.3) is 0 Å². The number of hydrogen-bond donors (Lipinski definition) is 1. The molecule has 0 atom stereocenters. The first-order valence-corrected chi connectivity index (χ1v) is 7.95. The molecule has 1 N–H and O–H groups in total. The van der Waals surface area contributed by atoms with Gasteiger partial charge in [0, 0.05) is 17.5 Å². The first kappa shape index (κ1) is 18.9. The van der Waals surface area contributed by atoms with Crippen LogP contribution < -0.4 is 4.74 Å². The Bertz CT molecular complexity index is 502. The summed E-state index contributed by atoms with van der Waals surface area (Å²) in [6, 6.07) is 2.80. The standard InChI is InChI=1S/C16H23Cl2NO3/c1-11(16(2,3)4)19-22-8-6-5-7-21-15-13(17)9-12(20)10-14(15)18/h9-10,20H,5-8H2,1-4H3/b19-11+. The van der Waals surface area contributed by atoms with Crippen molar-refractivity contribution in [2.24, 2.45) is 10.6 Å². The van der Waals surface area contributed by atoms with Crippen molar-refractivity contribution in [3.63, 3.8) is 0 Å². The minimum Gasteiger partial charge on any atom is -0.508 e. The van der Waals surface area contributed by atoms with E-state index in [1.54, 1.807) is 0 Å². The summed E-state index contributed by atoms with van der Waals surface area (Å²) in [5.74, 6) is 0.409. The highest BCUT2D eigenvalue weighted by Gasteiger charge is 2.14. The van der Waals surface area contributed by atoms with E-state index in [0.29, 0.717) is 29.0 Å². The average molecular weight is 348 g/mol. The summed E-state index contributed by atoms with van der Waals surface area (Å²) in [5.41, 5.74) is 0.988. The molecule has 1 rings (SSSR count). The zero-order chi connectivity index (χ0) is 16.8. The number of phenols is 1. The Morgan fingerprint density at radius 3 is 2.23 bits per heavy atom. The predicted octanol–water partition coefficient (Wildman–Crippen LogP) is 5.30. The molecule has 0 amide bonds. The van der Waals surface area contributed by atoms with Gasteiger partial charge >= 0.3 is 0 Å². The maximum atomic E-state index is 9.34. The lowest BCUT2D eigenvalue weighted by atomic mass is 9.91. The number of oxime groups is 1. The molecule has 1 aromatic carbocycles. The van der Waals surface area contributed by atoms with E-state index < -0.39 is 0 Å². The molecular weight excluding hydrogens is 325 g/mol. The Kier molecular flexibility index (Phi) is 7.30. The molecule has 0 aromatic heterocycles. The zero-order valence-electron chi connectivity index (χ0n) is 13.4. The normalized spacial score (nSPS) is 12.4. The summed E-state index contributed by atoms with van der Waals surface area (Å²) >= 11 is 11.9. The average Bonchev–Trinajstić information content (AvgIpc) is 2.38. The Morgan fingerprint density at radius 1 is 1.14 bits per heavy atom. The highest BCUT2D eigenvalue weighted by molar-refractivity contribution is 6.37. The molecule has 0 unspecified atom stereocenters. The number of ether oxygens (including phenoxy) is 1. The fourth-order valence-corrected chi connectivity index (χ4v) is 1.99. The van der Waals surface area contributed by atoms with Gasteiger partial charge in [-0.3, -0.25) is 0 Å². The molecule has 0 spiro atoms. The minimum atomic E-state index is 0.0165. The fraction of sp³-hybridized carbons (Fsp3) is 0.562. The molecule has 4 nitrogen and oxygen atoms in total. The minimum absolute atomic E-state index is 0.0165. The molecule has 0 heterocycles.